The molecule has 0 bridgehead atoms. The molecule has 1 amide bonds. The standard InChI is InChI=1S/C19H29NO4/c1-14(2)11-16(20-18(22)24-19(3,4)5)13-23-17(21)12-15-9-7-6-8-10-15/h6-10,14,16H,11-13H2,1-5H3,(H,20,22). The number of ether oxygens (including phenoxy) is 2. The van der Waals surface area contributed by atoms with Gasteiger partial charge in [-0.15, -0.1) is 0 Å². The van der Waals surface area contributed by atoms with E-state index in [0.717, 1.165) is 5.56 Å². The lowest BCUT2D eigenvalue weighted by Gasteiger charge is -2.24. The fourth-order valence-electron chi connectivity index (χ4n) is 2.22. The highest BCUT2D eigenvalue weighted by molar-refractivity contribution is 5.72. The van der Waals surface area contributed by atoms with E-state index < -0.39 is 11.7 Å². The first kappa shape index (κ1) is 20.0. The molecule has 5 nitrogen and oxygen atoms in total. The second kappa shape index (κ2) is 9.30. The molecule has 24 heavy (non-hydrogen) atoms. The number of nitrogens with one attached hydrogen (secondary N) is 1. The number of amides is 1. The lowest BCUT2D eigenvalue weighted by atomic mass is 10.0. The van der Waals surface area contributed by atoms with E-state index in [-0.39, 0.29) is 25.0 Å². The Labute approximate surface area is 144 Å². The van der Waals surface area contributed by atoms with Crippen LogP contribution in [0.25, 0.3) is 0 Å². The summed E-state index contributed by atoms with van der Waals surface area (Å²) in [6.45, 7) is 9.67. The average molecular weight is 335 g/mol. The minimum Gasteiger partial charge on any atom is -0.463 e. The molecular weight excluding hydrogens is 306 g/mol. The molecule has 1 atom stereocenters. The number of hydrogen-bond acceptors (Lipinski definition) is 4. The lowest BCUT2D eigenvalue weighted by Crippen LogP contribution is -2.42. The number of esters is 1. The van der Waals surface area contributed by atoms with Gasteiger partial charge in [-0.25, -0.2) is 4.79 Å². The predicted octanol–water partition coefficient (Wildman–Crippen LogP) is 3.71. The molecular formula is C19H29NO4. The second-order valence-corrected chi connectivity index (χ2v) is 7.32. The first-order valence-corrected chi connectivity index (χ1v) is 8.35. The number of hydrogen-bond donors (Lipinski definition) is 1. The highest BCUT2D eigenvalue weighted by atomic mass is 16.6. The number of benzene rings is 1. The van der Waals surface area contributed by atoms with Crippen molar-refractivity contribution in [3.05, 3.63) is 35.9 Å². The number of alkyl carbamates (subject to hydrolysis) is 1. The van der Waals surface area contributed by atoms with Crippen LogP contribution in [-0.4, -0.2) is 30.3 Å². The molecule has 1 N–H and O–H groups in total. The van der Waals surface area contributed by atoms with Crippen LogP contribution >= 0.6 is 0 Å². The fourth-order valence-corrected chi connectivity index (χ4v) is 2.22. The van der Waals surface area contributed by atoms with Crippen LogP contribution in [0.15, 0.2) is 30.3 Å². The van der Waals surface area contributed by atoms with Crippen molar-refractivity contribution in [2.75, 3.05) is 6.61 Å². The first-order chi connectivity index (χ1) is 11.2. The molecule has 0 saturated heterocycles. The molecule has 0 fully saturated rings. The zero-order valence-electron chi connectivity index (χ0n) is 15.3. The summed E-state index contributed by atoms with van der Waals surface area (Å²) in [6, 6.07) is 9.16. The largest absolute Gasteiger partial charge is 0.463 e. The van der Waals surface area contributed by atoms with Gasteiger partial charge in [0, 0.05) is 0 Å². The summed E-state index contributed by atoms with van der Waals surface area (Å²) in [5.41, 5.74) is 0.346. The Kier molecular flexibility index (Phi) is 7.75. The SMILES string of the molecule is CC(C)CC(COC(=O)Cc1ccccc1)NC(=O)OC(C)(C)C. The van der Waals surface area contributed by atoms with Gasteiger partial charge in [0.2, 0.25) is 0 Å². The summed E-state index contributed by atoms with van der Waals surface area (Å²) >= 11 is 0. The second-order valence-electron chi connectivity index (χ2n) is 7.32. The van der Waals surface area contributed by atoms with E-state index in [4.69, 9.17) is 9.47 Å². The van der Waals surface area contributed by atoms with E-state index in [2.05, 4.69) is 19.2 Å². The third-order valence-corrected chi connectivity index (χ3v) is 3.11. The van der Waals surface area contributed by atoms with Gasteiger partial charge in [-0.3, -0.25) is 4.79 Å². The Balaban J connectivity index is 2.50. The molecule has 5 heteroatoms. The molecule has 1 rings (SSSR count). The van der Waals surface area contributed by atoms with Crippen molar-refractivity contribution in [1.82, 2.24) is 5.32 Å². The highest BCUT2D eigenvalue weighted by Gasteiger charge is 2.21. The highest BCUT2D eigenvalue weighted by Crippen LogP contribution is 2.10. The molecule has 0 radical (unpaired) electrons. The van der Waals surface area contributed by atoms with E-state index in [9.17, 15) is 9.59 Å². The molecule has 1 aromatic carbocycles. The van der Waals surface area contributed by atoms with Gasteiger partial charge < -0.3 is 14.8 Å². The minimum absolute atomic E-state index is 0.142. The van der Waals surface area contributed by atoms with Crippen molar-refractivity contribution in [3.8, 4) is 0 Å². The molecule has 0 heterocycles. The Morgan fingerprint density at radius 2 is 1.75 bits per heavy atom. The van der Waals surface area contributed by atoms with Gasteiger partial charge in [0.15, 0.2) is 0 Å². The van der Waals surface area contributed by atoms with Crippen molar-refractivity contribution in [3.63, 3.8) is 0 Å². The Morgan fingerprint density at radius 1 is 1.12 bits per heavy atom. The maximum atomic E-state index is 12.0. The van der Waals surface area contributed by atoms with E-state index in [1.807, 2.05) is 51.1 Å². The maximum absolute atomic E-state index is 12.0. The Morgan fingerprint density at radius 3 is 2.29 bits per heavy atom. The van der Waals surface area contributed by atoms with Crippen LogP contribution in [0.5, 0.6) is 0 Å². The molecule has 0 aliphatic carbocycles. The van der Waals surface area contributed by atoms with Crippen molar-refractivity contribution in [2.24, 2.45) is 5.92 Å². The van der Waals surface area contributed by atoms with Gasteiger partial charge in [-0.1, -0.05) is 44.2 Å². The van der Waals surface area contributed by atoms with Gasteiger partial charge in [-0.05, 0) is 38.7 Å². The van der Waals surface area contributed by atoms with Gasteiger partial charge in [0.25, 0.3) is 0 Å². The number of rotatable bonds is 7. The molecule has 1 aromatic rings. The Bertz CT molecular complexity index is 520. The average Bonchev–Trinajstić information content (AvgIpc) is 2.43. The van der Waals surface area contributed by atoms with Crippen molar-refractivity contribution < 1.29 is 19.1 Å². The molecule has 0 saturated carbocycles. The van der Waals surface area contributed by atoms with Crippen LogP contribution in [0.3, 0.4) is 0 Å². The number of carbonyl (C=O) groups is 2. The zero-order chi connectivity index (χ0) is 18.2. The monoisotopic (exact) mass is 335 g/mol. The lowest BCUT2D eigenvalue weighted by molar-refractivity contribution is -0.143. The minimum atomic E-state index is -0.559. The fraction of sp³-hybridized carbons (Fsp3) is 0.579. The molecule has 0 aliphatic heterocycles. The van der Waals surface area contributed by atoms with Crippen LogP contribution in [0.1, 0.15) is 46.6 Å². The smallest absolute Gasteiger partial charge is 0.407 e. The predicted molar refractivity (Wildman–Crippen MR) is 93.7 cm³/mol. The molecule has 1 unspecified atom stereocenters. The normalized spacial score (nSPS) is 12.6. The summed E-state index contributed by atoms with van der Waals surface area (Å²) in [4.78, 5) is 23.9. The third kappa shape index (κ3) is 9.18. The van der Waals surface area contributed by atoms with Crippen LogP contribution in [0, 0.1) is 5.92 Å². The summed E-state index contributed by atoms with van der Waals surface area (Å²) in [6.07, 6.45) is 0.437. The number of carbonyl (C=O) groups excluding carboxylic acids is 2. The quantitative estimate of drug-likeness (QED) is 0.772. The van der Waals surface area contributed by atoms with Gasteiger partial charge in [0.05, 0.1) is 12.5 Å². The summed E-state index contributed by atoms with van der Waals surface area (Å²) in [5, 5.41) is 2.79. The summed E-state index contributed by atoms with van der Waals surface area (Å²) < 4.78 is 10.6. The van der Waals surface area contributed by atoms with Crippen molar-refractivity contribution in [2.45, 2.75) is 59.1 Å². The van der Waals surface area contributed by atoms with E-state index >= 15 is 0 Å². The van der Waals surface area contributed by atoms with Crippen LogP contribution < -0.4 is 5.32 Å². The van der Waals surface area contributed by atoms with E-state index in [1.54, 1.807) is 0 Å². The first-order valence-electron chi connectivity index (χ1n) is 8.35. The molecule has 134 valence electrons. The van der Waals surface area contributed by atoms with Crippen LogP contribution in [-0.2, 0) is 20.7 Å². The Hall–Kier alpha value is -2.04. The van der Waals surface area contributed by atoms with Gasteiger partial charge in [0.1, 0.15) is 12.2 Å². The molecule has 0 aromatic heterocycles. The van der Waals surface area contributed by atoms with Crippen molar-refractivity contribution >= 4 is 12.1 Å². The van der Waals surface area contributed by atoms with Crippen LogP contribution in [0.2, 0.25) is 0 Å². The van der Waals surface area contributed by atoms with E-state index in [1.165, 1.54) is 0 Å². The van der Waals surface area contributed by atoms with E-state index in [0.29, 0.717) is 12.3 Å². The van der Waals surface area contributed by atoms with Crippen LogP contribution in [0.4, 0.5) is 4.79 Å². The zero-order valence-corrected chi connectivity index (χ0v) is 15.3. The summed E-state index contributed by atoms with van der Waals surface area (Å²) in [5.74, 6) is 0.0544. The van der Waals surface area contributed by atoms with Crippen molar-refractivity contribution in [1.29, 1.82) is 0 Å². The maximum Gasteiger partial charge on any atom is 0.407 e. The van der Waals surface area contributed by atoms with Gasteiger partial charge in [-0.2, -0.15) is 0 Å². The topological polar surface area (TPSA) is 64.6 Å². The van der Waals surface area contributed by atoms with Gasteiger partial charge >= 0.3 is 12.1 Å². The summed E-state index contributed by atoms with van der Waals surface area (Å²) in [7, 11) is 0. The third-order valence-electron chi connectivity index (χ3n) is 3.11. The molecule has 0 spiro atoms. The molecule has 0 aliphatic rings.